The zero-order chi connectivity index (χ0) is 10.8. The van der Waals surface area contributed by atoms with Gasteiger partial charge in [-0.1, -0.05) is 0 Å². The summed E-state index contributed by atoms with van der Waals surface area (Å²) >= 11 is 4.55. The standard InChI is InChI=1S/C10H8BrNO2S/c1-6-8(5-10(11)14-6)9(13)4-7-2-3-12-15-7/h2-3,5H,4H2,1H3. The summed E-state index contributed by atoms with van der Waals surface area (Å²) in [6.45, 7) is 1.78. The van der Waals surface area contributed by atoms with E-state index in [-0.39, 0.29) is 5.78 Å². The minimum absolute atomic E-state index is 0.0613. The largest absolute Gasteiger partial charge is 0.454 e. The Labute approximate surface area is 99.4 Å². The van der Waals surface area contributed by atoms with Crippen molar-refractivity contribution in [3.63, 3.8) is 0 Å². The number of rotatable bonds is 3. The van der Waals surface area contributed by atoms with Crippen LogP contribution in [0.2, 0.25) is 0 Å². The van der Waals surface area contributed by atoms with Gasteiger partial charge in [0.15, 0.2) is 10.5 Å². The summed E-state index contributed by atoms with van der Waals surface area (Å²) in [6.07, 6.45) is 2.09. The van der Waals surface area contributed by atoms with Crippen LogP contribution in [-0.2, 0) is 6.42 Å². The number of ketones is 1. The molecule has 0 atom stereocenters. The smallest absolute Gasteiger partial charge is 0.171 e. The van der Waals surface area contributed by atoms with E-state index >= 15 is 0 Å². The summed E-state index contributed by atoms with van der Waals surface area (Å²) in [4.78, 5) is 12.8. The molecule has 0 radical (unpaired) electrons. The molecule has 0 amide bonds. The fraction of sp³-hybridized carbons (Fsp3) is 0.200. The molecule has 3 nitrogen and oxygen atoms in total. The molecule has 2 aromatic rings. The van der Waals surface area contributed by atoms with E-state index in [9.17, 15) is 4.79 Å². The molecule has 0 aliphatic heterocycles. The number of carbonyl (C=O) groups is 1. The van der Waals surface area contributed by atoms with E-state index in [1.165, 1.54) is 11.5 Å². The third-order valence-corrected chi connectivity index (χ3v) is 3.15. The molecule has 0 bridgehead atoms. The molecule has 2 aromatic heterocycles. The van der Waals surface area contributed by atoms with E-state index in [2.05, 4.69) is 20.3 Å². The summed E-state index contributed by atoms with van der Waals surface area (Å²) < 4.78 is 9.78. The number of furan rings is 1. The number of aromatic nitrogens is 1. The second kappa shape index (κ2) is 4.28. The van der Waals surface area contributed by atoms with Gasteiger partial charge in [-0.05, 0) is 40.5 Å². The molecule has 2 rings (SSSR count). The Morgan fingerprint density at radius 1 is 1.67 bits per heavy atom. The number of carbonyl (C=O) groups excluding carboxylic acids is 1. The molecule has 0 N–H and O–H groups in total. The van der Waals surface area contributed by atoms with Crippen molar-refractivity contribution in [2.45, 2.75) is 13.3 Å². The van der Waals surface area contributed by atoms with Crippen LogP contribution < -0.4 is 0 Å². The number of aryl methyl sites for hydroxylation is 1. The predicted octanol–water partition coefficient (Wildman–Crippen LogP) is 3.23. The van der Waals surface area contributed by atoms with Crippen LogP contribution in [0.3, 0.4) is 0 Å². The first-order valence-electron chi connectivity index (χ1n) is 4.35. The second-order valence-electron chi connectivity index (χ2n) is 3.10. The Morgan fingerprint density at radius 2 is 2.47 bits per heavy atom. The molecule has 0 aliphatic rings. The van der Waals surface area contributed by atoms with E-state index in [0.717, 1.165) is 4.88 Å². The molecule has 0 aromatic carbocycles. The summed E-state index contributed by atoms with van der Waals surface area (Å²) in [5.41, 5.74) is 0.635. The van der Waals surface area contributed by atoms with Crippen molar-refractivity contribution >= 4 is 33.2 Å². The minimum atomic E-state index is 0.0613. The lowest BCUT2D eigenvalue weighted by molar-refractivity contribution is 0.0992. The van der Waals surface area contributed by atoms with Crippen molar-refractivity contribution in [1.29, 1.82) is 0 Å². The molecule has 0 saturated carbocycles. The maximum atomic E-state index is 11.8. The fourth-order valence-electron chi connectivity index (χ4n) is 1.31. The van der Waals surface area contributed by atoms with E-state index in [1.54, 1.807) is 19.2 Å². The zero-order valence-electron chi connectivity index (χ0n) is 7.99. The van der Waals surface area contributed by atoms with Gasteiger partial charge in [0, 0.05) is 23.6 Å². The van der Waals surface area contributed by atoms with Gasteiger partial charge in [0.05, 0.1) is 5.56 Å². The highest BCUT2D eigenvalue weighted by Gasteiger charge is 2.14. The molecule has 5 heteroatoms. The number of Topliss-reactive ketones (excluding diaryl/α,β-unsaturated/α-hetero) is 1. The normalized spacial score (nSPS) is 10.5. The molecule has 15 heavy (non-hydrogen) atoms. The summed E-state index contributed by atoms with van der Waals surface area (Å²) in [7, 11) is 0. The van der Waals surface area contributed by atoms with Crippen LogP contribution in [0, 0.1) is 6.92 Å². The molecular weight excluding hydrogens is 278 g/mol. The molecule has 78 valence electrons. The first kappa shape index (κ1) is 10.6. The van der Waals surface area contributed by atoms with Crippen LogP contribution in [-0.4, -0.2) is 10.2 Å². The van der Waals surface area contributed by atoms with Crippen LogP contribution in [0.25, 0.3) is 0 Å². The van der Waals surface area contributed by atoms with Gasteiger partial charge in [-0.3, -0.25) is 4.79 Å². The number of hydrogen-bond donors (Lipinski definition) is 0. The van der Waals surface area contributed by atoms with E-state index < -0.39 is 0 Å². The highest BCUT2D eigenvalue weighted by Crippen LogP contribution is 2.21. The minimum Gasteiger partial charge on any atom is -0.454 e. The molecule has 0 saturated heterocycles. The SMILES string of the molecule is Cc1oc(Br)cc1C(=O)Cc1ccns1. The fourth-order valence-corrected chi connectivity index (χ4v) is 2.36. The molecule has 2 heterocycles. The highest BCUT2D eigenvalue weighted by atomic mass is 79.9. The predicted molar refractivity (Wildman–Crippen MR) is 61.3 cm³/mol. The summed E-state index contributed by atoms with van der Waals surface area (Å²) in [5, 5.41) is 0. The van der Waals surface area contributed by atoms with Crippen LogP contribution in [0.4, 0.5) is 0 Å². The average molecular weight is 286 g/mol. The van der Waals surface area contributed by atoms with Crippen LogP contribution in [0.1, 0.15) is 21.0 Å². The van der Waals surface area contributed by atoms with Gasteiger partial charge in [-0.15, -0.1) is 0 Å². The van der Waals surface area contributed by atoms with Crippen molar-refractivity contribution in [3.8, 4) is 0 Å². The quantitative estimate of drug-likeness (QED) is 0.813. The number of halogens is 1. The van der Waals surface area contributed by atoms with Gasteiger partial charge in [0.1, 0.15) is 5.76 Å². The Kier molecular flexibility index (Phi) is 3.02. The third-order valence-electron chi connectivity index (χ3n) is 2.01. The lowest BCUT2D eigenvalue weighted by Crippen LogP contribution is -2.02. The lowest BCUT2D eigenvalue weighted by Gasteiger charge is -1.95. The lowest BCUT2D eigenvalue weighted by atomic mass is 10.1. The van der Waals surface area contributed by atoms with Gasteiger partial charge in [0.25, 0.3) is 0 Å². The highest BCUT2D eigenvalue weighted by molar-refractivity contribution is 9.10. The maximum absolute atomic E-state index is 11.8. The number of nitrogens with zero attached hydrogens (tertiary/aromatic N) is 1. The zero-order valence-corrected chi connectivity index (χ0v) is 10.4. The molecule has 0 fully saturated rings. The van der Waals surface area contributed by atoms with Crippen LogP contribution in [0.5, 0.6) is 0 Å². The molecule has 0 aliphatic carbocycles. The third kappa shape index (κ3) is 2.35. The van der Waals surface area contributed by atoms with Crippen molar-refractivity contribution in [1.82, 2.24) is 4.37 Å². The first-order valence-corrected chi connectivity index (χ1v) is 5.92. The van der Waals surface area contributed by atoms with Crippen molar-refractivity contribution in [2.24, 2.45) is 0 Å². The van der Waals surface area contributed by atoms with E-state index in [0.29, 0.717) is 22.4 Å². The maximum Gasteiger partial charge on any atom is 0.171 e. The first-order chi connectivity index (χ1) is 7.16. The topological polar surface area (TPSA) is 43.1 Å². The van der Waals surface area contributed by atoms with Gasteiger partial charge < -0.3 is 4.42 Å². The average Bonchev–Trinajstić information content (AvgIpc) is 2.75. The van der Waals surface area contributed by atoms with Gasteiger partial charge in [0.2, 0.25) is 0 Å². The van der Waals surface area contributed by atoms with E-state index in [1.807, 2.05) is 6.07 Å². The van der Waals surface area contributed by atoms with E-state index in [4.69, 9.17) is 4.42 Å². The van der Waals surface area contributed by atoms with Crippen molar-refractivity contribution in [3.05, 3.63) is 39.2 Å². The van der Waals surface area contributed by atoms with Crippen molar-refractivity contribution in [2.75, 3.05) is 0 Å². The Hall–Kier alpha value is -0.940. The summed E-state index contributed by atoms with van der Waals surface area (Å²) in [6, 6.07) is 3.56. The van der Waals surface area contributed by atoms with Gasteiger partial charge in [-0.25, -0.2) is 4.37 Å². The van der Waals surface area contributed by atoms with Crippen molar-refractivity contribution < 1.29 is 9.21 Å². The van der Waals surface area contributed by atoms with Gasteiger partial charge in [-0.2, -0.15) is 0 Å². The molecule has 0 unspecified atom stereocenters. The molecule has 0 spiro atoms. The van der Waals surface area contributed by atoms with Crippen LogP contribution >= 0.6 is 27.5 Å². The Bertz CT molecular complexity index is 476. The number of hydrogen-bond acceptors (Lipinski definition) is 4. The Morgan fingerprint density at radius 3 is 3.00 bits per heavy atom. The molecular formula is C10H8BrNO2S. The van der Waals surface area contributed by atoms with Gasteiger partial charge >= 0.3 is 0 Å². The Balaban J connectivity index is 2.18. The monoisotopic (exact) mass is 285 g/mol. The second-order valence-corrected chi connectivity index (χ2v) is 4.80. The summed E-state index contributed by atoms with van der Waals surface area (Å²) in [5.74, 6) is 0.711. The van der Waals surface area contributed by atoms with Crippen LogP contribution in [0.15, 0.2) is 27.4 Å².